The van der Waals surface area contributed by atoms with E-state index in [1.165, 1.54) is 16.4 Å². The van der Waals surface area contributed by atoms with Crippen LogP contribution in [0.1, 0.15) is 11.3 Å². The number of amides is 1. The Morgan fingerprint density at radius 1 is 1.00 bits per heavy atom. The fourth-order valence-corrected chi connectivity index (χ4v) is 5.36. The van der Waals surface area contributed by atoms with Crippen molar-refractivity contribution >= 4 is 33.6 Å². The van der Waals surface area contributed by atoms with Crippen molar-refractivity contribution in [2.45, 2.75) is 11.4 Å². The molecule has 1 amide bonds. The van der Waals surface area contributed by atoms with Gasteiger partial charge < -0.3 is 4.90 Å². The number of aromatic nitrogens is 3. The highest BCUT2D eigenvalue weighted by molar-refractivity contribution is 7.89. The lowest BCUT2D eigenvalue weighted by atomic mass is 10.2. The zero-order valence-electron chi connectivity index (χ0n) is 17.2. The van der Waals surface area contributed by atoms with Gasteiger partial charge in [-0.15, -0.1) is 5.10 Å². The third-order valence-electron chi connectivity index (χ3n) is 5.15. The lowest BCUT2D eigenvalue weighted by molar-refractivity contribution is -0.127. The minimum Gasteiger partial charge on any atom is -0.337 e. The van der Waals surface area contributed by atoms with Gasteiger partial charge in [0.1, 0.15) is 10.6 Å². The molecule has 1 aromatic heterocycles. The Labute approximate surface area is 191 Å². The Morgan fingerprint density at radius 3 is 2.41 bits per heavy atom. The predicted molar refractivity (Wildman–Crippen MR) is 121 cm³/mol. The first-order valence-electron chi connectivity index (χ1n) is 10.1. The fourth-order valence-electron chi connectivity index (χ4n) is 3.44. The topological polar surface area (TPSA) is 88.4 Å². The minimum atomic E-state index is -3.70. The molecule has 1 saturated heterocycles. The van der Waals surface area contributed by atoms with Crippen LogP contribution in [0.2, 0.25) is 5.02 Å². The predicted octanol–water partition coefficient (Wildman–Crippen LogP) is 2.53. The Kier molecular flexibility index (Phi) is 6.69. The van der Waals surface area contributed by atoms with Crippen molar-refractivity contribution in [1.82, 2.24) is 24.2 Å². The van der Waals surface area contributed by atoms with E-state index in [2.05, 4.69) is 10.3 Å². The number of carbonyl (C=O) groups is 1. The van der Waals surface area contributed by atoms with Crippen LogP contribution < -0.4 is 0 Å². The van der Waals surface area contributed by atoms with E-state index in [0.717, 1.165) is 5.56 Å². The molecule has 2 heterocycles. The van der Waals surface area contributed by atoms with Crippen LogP contribution in [0.3, 0.4) is 0 Å². The molecule has 1 aliphatic heterocycles. The Bertz CT molecular complexity index is 1220. The number of hydrogen-bond acceptors (Lipinski definition) is 5. The molecule has 1 aliphatic rings. The van der Waals surface area contributed by atoms with Crippen molar-refractivity contribution in [2.24, 2.45) is 0 Å². The van der Waals surface area contributed by atoms with Crippen molar-refractivity contribution < 1.29 is 13.2 Å². The third-order valence-corrected chi connectivity index (χ3v) is 7.54. The maximum Gasteiger partial charge on any atom is 0.246 e. The Morgan fingerprint density at radius 2 is 1.69 bits per heavy atom. The van der Waals surface area contributed by atoms with Gasteiger partial charge in [0.2, 0.25) is 15.9 Å². The maximum atomic E-state index is 12.8. The van der Waals surface area contributed by atoms with Crippen LogP contribution >= 0.6 is 11.6 Å². The normalized spacial score (nSPS) is 15.3. The van der Waals surface area contributed by atoms with Gasteiger partial charge in [-0.3, -0.25) is 4.79 Å². The van der Waals surface area contributed by atoms with Crippen LogP contribution in [0.4, 0.5) is 0 Å². The van der Waals surface area contributed by atoms with Gasteiger partial charge in [-0.05, 0) is 23.8 Å². The molecule has 166 valence electrons. The smallest absolute Gasteiger partial charge is 0.246 e. The van der Waals surface area contributed by atoms with Gasteiger partial charge >= 0.3 is 0 Å². The first-order chi connectivity index (χ1) is 15.4. The molecule has 0 aliphatic carbocycles. The van der Waals surface area contributed by atoms with Crippen molar-refractivity contribution in [1.29, 1.82) is 0 Å². The molecular weight excluding hydrogens is 450 g/mol. The first-order valence-corrected chi connectivity index (χ1v) is 11.9. The molecule has 3 aromatic rings. The third kappa shape index (κ3) is 5.07. The summed E-state index contributed by atoms with van der Waals surface area (Å²) in [4.78, 5) is 14.2. The molecule has 0 N–H and O–H groups in total. The van der Waals surface area contributed by atoms with Gasteiger partial charge in [-0.2, -0.15) is 4.31 Å². The SMILES string of the molecule is O=C(/C=C/c1cn(Cc2ccccc2)nn1)N1CCN(S(=O)(=O)c2ccccc2Cl)CC1. The van der Waals surface area contributed by atoms with Crippen LogP contribution in [-0.4, -0.2) is 64.7 Å². The second-order valence-electron chi connectivity index (χ2n) is 7.32. The lowest BCUT2D eigenvalue weighted by Crippen LogP contribution is -2.50. The first kappa shape index (κ1) is 22.2. The van der Waals surface area contributed by atoms with Crippen LogP contribution in [0, 0.1) is 0 Å². The monoisotopic (exact) mass is 471 g/mol. The molecule has 2 aromatic carbocycles. The highest BCUT2D eigenvalue weighted by atomic mass is 35.5. The van der Waals surface area contributed by atoms with Crippen LogP contribution in [0.15, 0.2) is 71.8 Å². The van der Waals surface area contributed by atoms with Gasteiger partial charge in [-0.1, -0.05) is 59.3 Å². The number of rotatable bonds is 6. The maximum absolute atomic E-state index is 12.8. The van der Waals surface area contributed by atoms with E-state index in [9.17, 15) is 13.2 Å². The summed E-state index contributed by atoms with van der Waals surface area (Å²) in [5.41, 5.74) is 1.68. The molecule has 0 radical (unpaired) electrons. The van der Waals surface area contributed by atoms with Crippen molar-refractivity contribution in [2.75, 3.05) is 26.2 Å². The molecule has 10 heteroatoms. The van der Waals surface area contributed by atoms with Crippen molar-refractivity contribution in [3.63, 3.8) is 0 Å². The van der Waals surface area contributed by atoms with Crippen molar-refractivity contribution in [3.05, 3.63) is 83.2 Å². The van der Waals surface area contributed by atoms with Gasteiger partial charge in [-0.25, -0.2) is 13.1 Å². The zero-order chi connectivity index (χ0) is 22.6. The average molecular weight is 472 g/mol. The number of hydrogen-bond donors (Lipinski definition) is 0. The molecule has 1 fully saturated rings. The molecule has 0 atom stereocenters. The zero-order valence-corrected chi connectivity index (χ0v) is 18.8. The second-order valence-corrected chi connectivity index (χ2v) is 9.63. The molecule has 4 rings (SSSR count). The highest BCUT2D eigenvalue weighted by Gasteiger charge is 2.30. The van der Waals surface area contributed by atoms with Crippen LogP contribution in [0.25, 0.3) is 6.08 Å². The quantitative estimate of drug-likeness (QED) is 0.515. The molecule has 0 spiro atoms. The number of nitrogens with zero attached hydrogens (tertiary/aromatic N) is 5. The highest BCUT2D eigenvalue weighted by Crippen LogP contribution is 2.25. The Balaban J connectivity index is 1.33. The van der Waals surface area contributed by atoms with E-state index in [4.69, 9.17) is 11.6 Å². The van der Waals surface area contributed by atoms with Crippen molar-refractivity contribution in [3.8, 4) is 0 Å². The number of carbonyl (C=O) groups excluding carboxylic acids is 1. The molecule has 0 bridgehead atoms. The van der Waals surface area contributed by atoms with Gasteiger partial charge in [0.15, 0.2) is 0 Å². The number of piperazine rings is 1. The molecule has 8 nitrogen and oxygen atoms in total. The number of benzene rings is 2. The molecule has 0 saturated carbocycles. The van der Waals surface area contributed by atoms with Gasteiger partial charge in [0.25, 0.3) is 0 Å². The van der Waals surface area contributed by atoms with E-state index in [1.807, 2.05) is 30.3 Å². The average Bonchev–Trinajstić information content (AvgIpc) is 3.25. The Hall–Kier alpha value is -3.01. The number of halogens is 1. The summed E-state index contributed by atoms with van der Waals surface area (Å²) in [6.07, 6.45) is 4.82. The van der Waals surface area contributed by atoms with E-state index >= 15 is 0 Å². The summed E-state index contributed by atoms with van der Waals surface area (Å²) < 4.78 is 28.7. The van der Waals surface area contributed by atoms with E-state index < -0.39 is 10.0 Å². The fraction of sp³-hybridized carbons (Fsp3) is 0.227. The molecular formula is C22H22ClN5O3S. The van der Waals surface area contributed by atoms with Crippen LogP contribution in [-0.2, 0) is 21.4 Å². The summed E-state index contributed by atoms with van der Waals surface area (Å²) in [5, 5.41) is 8.34. The summed E-state index contributed by atoms with van der Waals surface area (Å²) in [7, 11) is -3.70. The minimum absolute atomic E-state index is 0.0833. The summed E-state index contributed by atoms with van der Waals surface area (Å²) >= 11 is 6.06. The van der Waals surface area contributed by atoms with E-state index in [0.29, 0.717) is 25.3 Å². The molecule has 0 unspecified atom stereocenters. The number of sulfonamides is 1. The van der Waals surface area contributed by atoms with E-state index in [-0.39, 0.29) is 28.9 Å². The summed E-state index contributed by atoms with van der Waals surface area (Å²) in [6.45, 7) is 1.61. The van der Waals surface area contributed by atoms with Gasteiger partial charge in [0, 0.05) is 32.3 Å². The second kappa shape index (κ2) is 9.64. The summed E-state index contributed by atoms with van der Waals surface area (Å²) in [6, 6.07) is 16.3. The van der Waals surface area contributed by atoms with Crippen LogP contribution in [0.5, 0.6) is 0 Å². The van der Waals surface area contributed by atoms with Gasteiger partial charge in [0.05, 0.1) is 17.8 Å². The standard InChI is InChI=1S/C22H22ClN5O3S/c23-20-8-4-5-9-21(20)32(30,31)28-14-12-26(13-15-28)22(29)11-10-19-17-27(25-24-19)16-18-6-2-1-3-7-18/h1-11,17H,12-16H2/b11-10+. The summed E-state index contributed by atoms with van der Waals surface area (Å²) in [5.74, 6) is -0.197. The van der Waals surface area contributed by atoms with E-state index in [1.54, 1.807) is 40.1 Å². The lowest BCUT2D eigenvalue weighted by Gasteiger charge is -2.33. The largest absolute Gasteiger partial charge is 0.337 e. The molecule has 32 heavy (non-hydrogen) atoms.